The summed E-state index contributed by atoms with van der Waals surface area (Å²) in [5.41, 5.74) is 1.88. The number of piperazine rings is 2. The third-order valence-electron chi connectivity index (χ3n) is 10.8. The number of carbonyl (C=O) groups is 4. The molecule has 2 aliphatic rings. The molecule has 0 atom stereocenters. The molecule has 2 fully saturated rings. The number of likely N-dealkylation sites (N-methyl/N-ethyl adjacent to an activating group) is 2. The van der Waals surface area contributed by atoms with Crippen LogP contribution in [0.4, 0.5) is 11.4 Å². The SMILES string of the molecule is CN1CCN(C(=O)c2ccc(-c3c(OC(=O)/C=C/C(=O)Oc4[nH]c5ccc([N+](=O)[O-])cc5c4-c4ccc(C(=O)N5CCN(C)CC5)cn4)[nH]c4ccc([N+](=O)[O-])cc34)nc2)CC1. The minimum absolute atomic E-state index is 0.130. The molecule has 316 valence electrons. The molecular formula is C42H38N10O10. The zero-order chi connectivity index (χ0) is 43.7. The molecule has 6 aromatic rings. The molecule has 20 nitrogen and oxygen atoms in total. The van der Waals surface area contributed by atoms with E-state index < -0.39 is 21.8 Å². The minimum Gasteiger partial charge on any atom is -0.406 e. The summed E-state index contributed by atoms with van der Waals surface area (Å²) >= 11 is 0. The molecule has 0 unspecified atom stereocenters. The lowest BCUT2D eigenvalue weighted by atomic mass is 10.1. The van der Waals surface area contributed by atoms with Crippen LogP contribution in [-0.4, -0.2) is 140 Å². The molecule has 20 heteroatoms. The highest BCUT2D eigenvalue weighted by molar-refractivity contribution is 6.04. The first kappa shape index (κ1) is 40.9. The number of esters is 2. The van der Waals surface area contributed by atoms with E-state index in [0.29, 0.717) is 59.1 Å². The van der Waals surface area contributed by atoms with Crippen LogP contribution < -0.4 is 9.47 Å². The van der Waals surface area contributed by atoms with E-state index in [4.69, 9.17) is 9.47 Å². The molecule has 2 saturated heterocycles. The monoisotopic (exact) mass is 842 g/mol. The first-order valence-corrected chi connectivity index (χ1v) is 19.4. The zero-order valence-corrected chi connectivity index (χ0v) is 33.4. The van der Waals surface area contributed by atoms with Gasteiger partial charge in [0.1, 0.15) is 0 Å². The number of H-pyrrole nitrogens is 2. The maximum Gasteiger partial charge on any atom is 0.337 e. The normalized spacial score (nSPS) is 15.0. The Morgan fingerprint density at radius 3 is 1.32 bits per heavy atom. The third-order valence-corrected chi connectivity index (χ3v) is 10.8. The molecule has 2 aliphatic heterocycles. The molecule has 2 aromatic carbocycles. The fourth-order valence-electron chi connectivity index (χ4n) is 7.33. The van der Waals surface area contributed by atoms with Gasteiger partial charge in [0.2, 0.25) is 11.8 Å². The van der Waals surface area contributed by atoms with Crippen LogP contribution in [0.15, 0.2) is 85.2 Å². The van der Waals surface area contributed by atoms with Crippen molar-refractivity contribution in [2.45, 2.75) is 0 Å². The highest BCUT2D eigenvalue weighted by atomic mass is 16.6. The number of nitrogens with zero attached hydrogens (tertiary/aromatic N) is 8. The molecule has 62 heavy (non-hydrogen) atoms. The Kier molecular flexibility index (Phi) is 11.2. The number of fused-ring (bicyclic) bond motifs is 2. The zero-order valence-electron chi connectivity index (χ0n) is 33.4. The third kappa shape index (κ3) is 8.44. The van der Waals surface area contributed by atoms with Crippen molar-refractivity contribution in [3.63, 3.8) is 0 Å². The summed E-state index contributed by atoms with van der Waals surface area (Å²) in [6.45, 7) is 5.17. The van der Waals surface area contributed by atoms with Gasteiger partial charge in [0.25, 0.3) is 23.2 Å². The average Bonchev–Trinajstić information content (AvgIpc) is 3.82. The number of nitrogens with one attached hydrogen (secondary N) is 2. The van der Waals surface area contributed by atoms with Crippen molar-refractivity contribution in [1.82, 2.24) is 39.5 Å². The van der Waals surface area contributed by atoms with E-state index in [9.17, 15) is 39.4 Å². The van der Waals surface area contributed by atoms with Gasteiger partial charge in [0, 0.05) is 123 Å². The number of amides is 2. The van der Waals surface area contributed by atoms with E-state index in [1.165, 1.54) is 48.8 Å². The number of carbonyl (C=O) groups excluding carboxylic acids is 4. The molecule has 6 heterocycles. The minimum atomic E-state index is -1.03. The van der Waals surface area contributed by atoms with E-state index in [0.717, 1.165) is 38.3 Å². The van der Waals surface area contributed by atoms with Gasteiger partial charge < -0.3 is 39.0 Å². The molecular weight excluding hydrogens is 805 g/mol. The summed E-state index contributed by atoms with van der Waals surface area (Å²) in [6.07, 6.45) is 4.41. The van der Waals surface area contributed by atoms with Crippen molar-refractivity contribution < 1.29 is 38.5 Å². The van der Waals surface area contributed by atoms with Crippen molar-refractivity contribution >= 4 is 56.9 Å². The molecule has 4 aromatic heterocycles. The summed E-state index contributed by atoms with van der Waals surface area (Å²) in [5, 5.41) is 24.0. The Morgan fingerprint density at radius 2 is 0.984 bits per heavy atom. The maximum absolute atomic E-state index is 13.3. The van der Waals surface area contributed by atoms with Crippen LogP contribution in [0.25, 0.3) is 44.3 Å². The molecule has 2 amide bonds. The Morgan fingerprint density at radius 1 is 0.597 bits per heavy atom. The van der Waals surface area contributed by atoms with Crippen molar-refractivity contribution in [3.05, 3.63) is 117 Å². The number of hydrogen-bond donors (Lipinski definition) is 2. The van der Waals surface area contributed by atoms with Crippen LogP contribution in [0.1, 0.15) is 20.7 Å². The Labute approximate surface area is 351 Å². The number of nitro benzene ring substituents is 2. The second-order valence-corrected chi connectivity index (χ2v) is 14.9. The van der Waals surface area contributed by atoms with E-state index in [1.807, 2.05) is 14.1 Å². The topological polar surface area (TPSA) is 243 Å². The summed E-state index contributed by atoms with van der Waals surface area (Å²) in [7, 11) is 3.96. The summed E-state index contributed by atoms with van der Waals surface area (Å²) in [4.78, 5) is 97.7. The first-order chi connectivity index (χ1) is 29.8. The Hall–Kier alpha value is -7.84. The molecule has 2 N–H and O–H groups in total. The number of pyridine rings is 2. The number of non-ortho nitro benzene ring substituents is 2. The first-order valence-electron chi connectivity index (χ1n) is 19.4. The largest absolute Gasteiger partial charge is 0.406 e. The predicted molar refractivity (Wildman–Crippen MR) is 224 cm³/mol. The fourth-order valence-corrected chi connectivity index (χ4v) is 7.33. The second-order valence-electron chi connectivity index (χ2n) is 14.9. The van der Waals surface area contributed by atoms with Crippen LogP contribution in [0.5, 0.6) is 11.8 Å². The van der Waals surface area contributed by atoms with E-state index in [-0.39, 0.29) is 57.5 Å². The number of benzene rings is 2. The quantitative estimate of drug-likeness (QED) is 0.0839. The van der Waals surface area contributed by atoms with Gasteiger partial charge in [-0.2, -0.15) is 0 Å². The van der Waals surface area contributed by atoms with Crippen molar-refractivity contribution in [2.24, 2.45) is 0 Å². The van der Waals surface area contributed by atoms with Crippen LogP contribution in [-0.2, 0) is 9.59 Å². The number of rotatable bonds is 10. The number of nitro groups is 2. The average molecular weight is 843 g/mol. The highest BCUT2D eigenvalue weighted by Crippen LogP contribution is 2.40. The van der Waals surface area contributed by atoms with E-state index >= 15 is 0 Å². The van der Waals surface area contributed by atoms with Gasteiger partial charge in [0.05, 0.1) is 43.5 Å². The number of aromatic nitrogens is 4. The molecule has 0 saturated carbocycles. The molecule has 0 aliphatic carbocycles. The van der Waals surface area contributed by atoms with Gasteiger partial charge in [-0.3, -0.25) is 39.8 Å². The smallest absolute Gasteiger partial charge is 0.337 e. The second kappa shape index (κ2) is 17.0. The molecule has 0 bridgehead atoms. The Balaban J connectivity index is 1.03. The van der Waals surface area contributed by atoms with Gasteiger partial charge in [-0.1, -0.05) is 0 Å². The lowest BCUT2D eigenvalue weighted by molar-refractivity contribution is -0.384. The summed E-state index contributed by atoms with van der Waals surface area (Å²) < 4.78 is 11.3. The van der Waals surface area contributed by atoms with Crippen LogP contribution >= 0.6 is 0 Å². The molecule has 8 rings (SSSR count). The maximum atomic E-state index is 13.3. The van der Waals surface area contributed by atoms with Crippen molar-refractivity contribution in [3.8, 4) is 34.3 Å². The summed E-state index contributed by atoms with van der Waals surface area (Å²) in [5.74, 6) is -2.71. The van der Waals surface area contributed by atoms with Crippen LogP contribution in [0, 0.1) is 20.2 Å². The fraction of sp³-hybridized carbons (Fsp3) is 0.238. The van der Waals surface area contributed by atoms with E-state index in [2.05, 4.69) is 29.7 Å². The molecule has 0 spiro atoms. The number of ether oxygens (including phenoxy) is 2. The van der Waals surface area contributed by atoms with Crippen molar-refractivity contribution in [2.75, 3.05) is 66.5 Å². The van der Waals surface area contributed by atoms with Crippen LogP contribution in [0.2, 0.25) is 0 Å². The van der Waals surface area contributed by atoms with Gasteiger partial charge in [0.15, 0.2) is 0 Å². The van der Waals surface area contributed by atoms with Gasteiger partial charge in [-0.05, 0) is 50.5 Å². The Bertz CT molecular complexity index is 2590. The summed E-state index contributed by atoms with van der Waals surface area (Å²) in [6, 6.07) is 14.3. The predicted octanol–water partition coefficient (Wildman–Crippen LogP) is 4.43. The lowest BCUT2D eigenvalue weighted by Crippen LogP contribution is -2.47. The lowest BCUT2D eigenvalue weighted by Gasteiger charge is -2.32. The van der Waals surface area contributed by atoms with Crippen molar-refractivity contribution in [1.29, 1.82) is 0 Å². The number of aromatic amines is 2. The number of hydrogen-bond acceptors (Lipinski definition) is 14. The van der Waals surface area contributed by atoms with E-state index in [1.54, 1.807) is 34.1 Å². The van der Waals surface area contributed by atoms with Gasteiger partial charge in [-0.25, -0.2) is 9.59 Å². The molecule has 0 radical (unpaired) electrons. The van der Waals surface area contributed by atoms with Gasteiger partial charge >= 0.3 is 11.9 Å². The standard InChI is InChI=1S/C42H38N10O10/c1-47-13-17-49(18-14-47)41(55)25-3-7-33(43-23-25)37-29-21-27(51(57)58)5-9-31(29)45-39(37)61-35(53)11-12-36(54)62-40-38(30-22-28(52(59)60)6-10-32(30)46-40)34-8-4-26(24-44-34)42(56)50-19-15-48(2)16-20-50/h3-12,21-24,45-46H,13-20H2,1-2H3/b12-11+. The van der Waals surface area contributed by atoms with Crippen LogP contribution in [0.3, 0.4) is 0 Å². The van der Waals surface area contributed by atoms with Gasteiger partial charge in [-0.15, -0.1) is 0 Å². The highest BCUT2D eigenvalue weighted by Gasteiger charge is 2.26.